The quantitative estimate of drug-likeness (QED) is 0.765. The maximum absolute atomic E-state index is 5.19. The van der Waals surface area contributed by atoms with E-state index in [0.29, 0.717) is 5.95 Å². The molecule has 3 aromatic rings. The molecule has 96 valence electrons. The molecule has 0 amide bonds. The van der Waals surface area contributed by atoms with E-state index in [1.807, 2.05) is 42.5 Å². The van der Waals surface area contributed by atoms with Crippen LogP contribution in [0, 0.1) is 0 Å². The number of fused-ring (bicyclic) bond motifs is 1. The van der Waals surface area contributed by atoms with E-state index in [9.17, 15) is 0 Å². The topological polar surface area (TPSA) is 49.9 Å². The van der Waals surface area contributed by atoms with Gasteiger partial charge in [0.15, 0.2) is 0 Å². The molecule has 0 unspecified atom stereocenters. The van der Waals surface area contributed by atoms with Gasteiger partial charge in [0.1, 0.15) is 5.75 Å². The van der Waals surface area contributed by atoms with Crippen LogP contribution in [0.2, 0.25) is 0 Å². The van der Waals surface area contributed by atoms with Crippen molar-refractivity contribution in [2.45, 2.75) is 0 Å². The van der Waals surface area contributed by atoms with Gasteiger partial charge in [-0.3, -0.25) is 0 Å². The van der Waals surface area contributed by atoms with Crippen LogP contribution in [-0.2, 0) is 0 Å². The van der Waals surface area contributed by atoms with Crippen molar-refractivity contribution in [3.63, 3.8) is 0 Å². The van der Waals surface area contributed by atoms with E-state index in [1.165, 1.54) is 0 Å². The Morgan fingerprint density at radius 1 is 1.21 bits per heavy atom. The highest BCUT2D eigenvalue weighted by atomic mass is 79.9. The van der Waals surface area contributed by atoms with Gasteiger partial charge >= 0.3 is 0 Å². The zero-order chi connectivity index (χ0) is 13.2. The van der Waals surface area contributed by atoms with Crippen LogP contribution in [0.15, 0.2) is 46.9 Å². The van der Waals surface area contributed by atoms with E-state index in [0.717, 1.165) is 26.9 Å². The van der Waals surface area contributed by atoms with Gasteiger partial charge in [-0.25, -0.2) is 4.98 Å². The maximum atomic E-state index is 5.19. The minimum atomic E-state index is 0.710. The predicted molar refractivity (Wildman–Crippen MR) is 80.1 cm³/mol. The summed E-state index contributed by atoms with van der Waals surface area (Å²) in [6, 6.07) is 13.7. The second-order valence-corrected chi connectivity index (χ2v) is 5.02. The van der Waals surface area contributed by atoms with Crippen molar-refractivity contribution in [2.75, 3.05) is 12.4 Å². The van der Waals surface area contributed by atoms with Gasteiger partial charge in [0, 0.05) is 16.2 Å². The minimum absolute atomic E-state index is 0.710. The molecule has 0 spiro atoms. The first kappa shape index (κ1) is 12.0. The number of hydrogen-bond acceptors (Lipinski definition) is 3. The highest BCUT2D eigenvalue weighted by Crippen LogP contribution is 2.23. The lowest BCUT2D eigenvalue weighted by molar-refractivity contribution is 0.415. The molecule has 19 heavy (non-hydrogen) atoms. The Bertz CT molecular complexity index is 724. The first-order valence-corrected chi connectivity index (χ1v) is 6.60. The summed E-state index contributed by atoms with van der Waals surface area (Å²) < 4.78 is 6.22. The standard InChI is InChI=1S/C14H12BrN3O/c1-19-11-4-2-3-10(8-11)16-14-17-12-6-5-9(15)7-13(12)18-14/h2-8H,1H3,(H2,16,17,18). The number of hydrogen-bond donors (Lipinski definition) is 2. The summed E-state index contributed by atoms with van der Waals surface area (Å²) in [4.78, 5) is 7.71. The summed E-state index contributed by atoms with van der Waals surface area (Å²) in [5, 5.41) is 3.23. The van der Waals surface area contributed by atoms with E-state index in [1.54, 1.807) is 7.11 Å². The highest BCUT2D eigenvalue weighted by Gasteiger charge is 2.04. The van der Waals surface area contributed by atoms with Gasteiger partial charge in [-0.1, -0.05) is 22.0 Å². The lowest BCUT2D eigenvalue weighted by Gasteiger charge is -2.04. The molecule has 0 saturated heterocycles. The molecule has 3 rings (SSSR count). The van der Waals surface area contributed by atoms with Crippen LogP contribution < -0.4 is 10.1 Å². The first-order valence-electron chi connectivity index (χ1n) is 5.81. The van der Waals surface area contributed by atoms with Crippen molar-refractivity contribution in [3.8, 4) is 5.75 Å². The average molecular weight is 318 g/mol. The van der Waals surface area contributed by atoms with Crippen LogP contribution in [0.1, 0.15) is 0 Å². The first-order chi connectivity index (χ1) is 9.24. The van der Waals surface area contributed by atoms with E-state index >= 15 is 0 Å². The van der Waals surface area contributed by atoms with Crippen molar-refractivity contribution in [2.24, 2.45) is 0 Å². The second-order valence-electron chi connectivity index (χ2n) is 4.10. The van der Waals surface area contributed by atoms with Gasteiger partial charge in [0.25, 0.3) is 0 Å². The van der Waals surface area contributed by atoms with Gasteiger partial charge in [-0.05, 0) is 30.3 Å². The summed E-state index contributed by atoms with van der Waals surface area (Å²) in [6.45, 7) is 0. The van der Waals surface area contributed by atoms with Crippen molar-refractivity contribution in [1.29, 1.82) is 0 Å². The maximum Gasteiger partial charge on any atom is 0.205 e. The Morgan fingerprint density at radius 2 is 2.11 bits per heavy atom. The van der Waals surface area contributed by atoms with Crippen LogP contribution in [-0.4, -0.2) is 17.1 Å². The van der Waals surface area contributed by atoms with Gasteiger partial charge < -0.3 is 15.0 Å². The van der Waals surface area contributed by atoms with E-state index in [4.69, 9.17) is 4.74 Å². The Morgan fingerprint density at radius 3 is 2.95 bits per heavy atom. The summed E-state index contributed by atoms with van der Waals surface area (Å²) >= 11 is 3.44. The number of benzene rings is 2. The minimum Gasteiger partial charge on any atom is -0.497 e. The molecule has 0 aliphatic heterocycles. The average Bonchev–Trinajstić information content (AvgIpc) is 2.80. The Hall–Kier alpha value is -2.01. The number of aromatic amines is 1. The zero-order valence-corrected chi connectivity index (χ0v) is 11.9. The molecule has 2 N–H and O–H groups in total. The normalized spacial score (nSPS) is 10.6. The van der Waals surface area contributed by atoms with Crippen molar-refractivity contribution < 1.29 is 4.74 Å². The lowest BCUT2D eigenvalue weighted by Crippen LogP contribution is -1.92. The third kappa shape index (κ3) is 2.56. The number of nitrogens with one attached hydrogen (secondary N) is 2. The van der Waals surface area contributed by atoms with Crippen molar-refractivity contribution in [1.82, 2.24) is 9.97 Å². The fraction of sp³-hybridized carbons (Fsp3) is 0.0714. The van der Waals surface area contributed by atoms with Gasteiger partial charge in [-0.15, -0.1) is 0 Å². The molecule has 0 aliphatic carbocycles. The number of anilines is 2. The smallest absolute Gasteiger partial charge is 0.205 e. The fourth-order valence-electron chi connectivity index (χ4n) is 1.88. The molecule has 0 fully saturated rings. The van der Waals surface area contributed by atoms with E-state index in [-0.39, 0.29) is 0 Å². The third-order valence-corrected chi connectivity index (χ3v) is 3.27. The second kappa shape index (κ2) is 4.93. The van der Waals surface area contributed by atoms with Gasteiger partial charge in [-0.2, -0.15) is 0 Å². The van der Waals surface area contributed by atoms with Crippen LogP contribution in [0.5, 0.6) is 5.75 Å². The summed E-state index contributed by atoms with van der Waals surface area (Å²) in [5.74, 6) is 1.52. The van der Waals surface area contributed by atoms with Crippen LogP contribution in [0.3, 0.4) is 0 Å². The number of rotatable bonds is 3. The third-order valence-electron chi connectivity index (χ3n) is 2.78. The lowest BCUT2D eigenvalue weighted by atomic mass is 10.3. The molecule has 1 aromatic heterocycles. The van der Waals surface area contributed by atoms with Crippen LogP contribution >= 0.6 is 15.9 Å². The van der Waals surface area contributed by atoms with Gasteiger partial charge in [0.05, 0.1) is 18.1 Å². The number of imidazole rings is 1. The van der Waals surface area contributed by atoms with E-state index in [2.05, 4.69) is 31.2 Å². The molecule has 1 heterocycles. The Balaban J connectivity index is 1.92. The number of H-pyrrole nitrogens is 1. The van der Waals surface area contributed by atoms with Crippen molar-refractivity contribution in [3.05, 3.63) is 46.9 Å². The SMILES string of the molecule is COc1cccc(Nc2nc3ccc(Br)cc3[nH]2)c1. The van der Waals surface area contributed by atoms with Crippen molar-refractivity contribution >= 4 is 38.6 Å². The number of methoxy groups -OCH3 is 1. The monoisotopic (exact) mass is 317 g/mol. The molecule has 5 heteroatoms. The molecule has 0 bridgehead atoms. The molecular weight excluding hydrogens is 306 g/mol. The summed E-state index contributed by atoms with van der Waals surface area (Å²) in [6.07, 6.45) is 0. The number of ether oxygens (including phenoxy) is 1. The number of halogens is 1. The fourth-order valence-corrected chi connectivity index (χ4v) is 2.24. The molecule has 0 atom stereocenters. The van der Waals surface area contributed by atoms with E-state index < -0.39 is 0 Å². The Kier molecular flexibility index (Phi) is 3.13. The molecular formula is C14H12BrN3O. The summed E-state index contributed by atoms with van der Waals surface area (Å²) in [7, 11) is 1.65. The molecule has 0 aliphatic rings. The molecule has 0 saturated carbocycles. The van der Waals surface area contributed by atoms with Gasteiger partial charge in [0.2, 0.25) is 5.95 Å². The molecule has 0 radical (unpaired) electrons. The summed E-state index contributed by atoms with van der Waals surface area (Å²) in [5.41, 5.74) is 2.84. The predicted octanol–water partition coefficient (Wildman–Crippen LogP) is 4.08. The zero-order valence-electron chi connectivity index (χ0n) is 10.3. The molecule has 2 aromatic carbocycles. The highest BCUT2D eigenvalue weighted by molar-refractivity contribution is 9.10. The largest absolute Gasteiger partial charge is 0.497 e. The Labute approximate surface area is 118 Å². The van der Waals surface area contributed by atoms with Crippen LogP contribution in [0.25, 0.3) is 11.0 Å². The van der Waals surface area contributed by atoms with Crippen LogP contribution in [0.4, 0.5) is 11.6 Å². The number of nitrogens with zero attached hydrogens (tertiary/aromatic N) is 1. The number of aromatic nitrogens is 2. The molecule has 4 nitrogen and oxygen atoms in total.